The number of urea groups is 1. The Bertz CT molecular complexity index is 789. The van der Waals surface area contributed by atoms with Crippen molar-refractivity contribution in [2.75, 3.05) is 38.6 Å². The van der Waals surface area contributed by atoms with Crippen LogP contribution in [0.15, 0.2) is 41.1 Å². The van der Waals surface area contributed by atoms with E-state index in [9.17, 15) is 4.79 Å². The smallest absolute Gasteiger partial charge is 0.315 e. The van der Waals surface area contributed by atoms with Crippen LogP contribution in [0, 0.1) is 11.3 Å². The van der Waals surface area contributed by atoms with Gasteiger partial charge in [-0.25, -0.2) is 9.78 Å². The number of likely N-dealkylation sites (N-methyl/N-ethyl adjacent to an activating group) is 1. The molecule has 0 aromatic carbocycles. The van der Waals surface area contributed by atoms with Crippen molar-refractivity contribution in [3.8, 4) is 6.07 Å². The van der Waals surface area contributed by atoms with E-state index in [0.717, 1.165) is 37.5 Å². The Morgan fingerprint density at radius 3 is 2.75 bits per heavy atom. The van der Waals surface area contributed by atoms with Gasteiger partial charge >= 0.3 is 6.03 Å². The highest BCUT2D eigenvalue weighted by atomic mass is 16.3. The number of furan rings is 1. The summed E-state index contributed by atoms with van der Waals surface area (Å²) in [6.45, 7) is 2.10. The highest BCUT2D eigenvalue weighted by molar-refractivity contribution is 5.74. The number of hydrogen-bond acceptors (Lipinski definition) is 6. The molecule has 0 radical (unpaired) electrons. The highest BCUT2D eigenvalue weighted by Gasteiger charge is 2.23. The summed E-state index contributed by atoms with van der Waals surface area (Å²) in [6, 6.07) is 9.46. The zero-order chi connectivity index (χ0) is 19.9. The monoisotopic (exact) mass is 382 g/mol. The second-order valence-corrected chi connectivity index (χ2v) is 7.13. The molecule has 3 rings (SSSR count). The van der Waals surface area contributed by atoms with Gasteiger partial charge < -0.3 is 20.0 Å². The molecule has 0 bridgehead atoms. The van der Waals surface area contributed by atoms with Crippen LogP contribution in [-0.4, -0.2) is 55.7 Å². The number of nitriles is 1. The van der Waals surface area contributed by atoms with E-state index >= 15 is 0 Å². The lowest BCUT2D eigenvalue weighted by molar-refractivity contribution is 0.220. The summed E-state index contributed by atoms with van der Waals surface area (Å²) in [5.41, 5.74) is 0.558. The number of carbonyl (C=O) groups excluding carboxylic acids is 1. The van der Waals surface area contributed by atoms with Gasteiger partial charge in [-0.2, -0.15) is 5.26 Å². The molecule has 1 aliphatic heterocycles. The van der Waals surface area contributed by atoms with Gasteiger partial charge in [-0.3, -0.25) is 4.90 Å². The molecule has 2 amide bonds. The Morgan fingerprint density at radius 1 is 1.39 bits per heavy atom. The van der Waals surface area contributed by atoms with Gasteiger partial charge in [-0.05, 0) is 51.2 Å². The van der Waals surface area contributed by atoms with E-state index in [-0.39, 0.29) is 18.1 Å². The first-order valence-electron chi connectivity index (χ1n) is 9.42. The number of amides is 2. The maximum absolute atomic E-state index is 12.3. The number of anilines is 1. The Labute approximate surface area is 165 Å². The van der Waals surface area contributed by atoms with Crippen molar-refractivity contribution >= 4 is 11.8 Å². The first-order chi connectivity index (χ1) is 13.6. The van der Waals surface area contributed by atoms with Crippen LogP contribution in [0.25, 0.3) is 0 Å². The average Bonchev–Trinajstić information content (AvgIpc) is 3.23. The van der Waals surface area contributed by atoms with Crippen molar-refractivity contribution in [1.29, 1.82) is 5.26 Å². The minimum Gasteiger partial charge on any atom is -0.468 e. The predicted molar refractivity (Wildman–Crippen MR) is 106 cm³/mol. The molecule has 2 N–H and O–H groups in total. The lowest BCUT2D eigenvalue weighted by Gasteiger charge is -2.33. The minimum absolute atomic E-state index is 0.00921. The van der Waals surface area contributed by atoms with E-state index in [2.05, 4.69) is 26.6 Å². The Kier molecular flexibility index (Phi) is 6.50. The van der Waals surface area contributed by atoms with Crippen LogP contribution < -0.4 is 15.5 Å². The second kappa shape index (κ2) is 9.24. The van der Waals surface area contributed by atoms with Gasteiger partial charge in [-0.1, -0.05) is 0 Å². The molecule has 8 nitrogen and oxygen atoms in total. The molecule has 1 fully saturated rings. The van der Waals surface area contributed by atoms with E-state index in [1.807, 2.05) is 37.2 Å². The highest BCUT2D eigenvalue weighted by Crippen LogP contribution is 2.19. The Balaban J connectivity index is 1.44. The van der Waals surface area contributed by atoms with E-state index in [1.54, 1.807) is 18.5 Å². The van der Waals surface area contributed by atoms with E-state index in [0.29, 0.717) is 12.1 Å². The fraction of sp³-hybridized carbons (Fsp3) is 0.450. The molecule has 3 heterocycles. The van der Waals surface area contributed by atoms with E-state index in [4.69, 9.17) is 9.68 Å². The van der Waals surface area contributed by atoms with Gasteiger partial charge in [0.25, 0.3) is 0 Å². The zero-order valence-electron chi connectivity index (χ0n) is 16.3. The van der Waals surface area contributed by atoms with Crippen LogP contribution in [0.4, 0.5) is 10.6 Å². The lowest BCUT2D eigenvalue weighted by atomic mass is 10.1. The van der Waals surface area contributed by atoms with E-state index < -0.39 is 0 Å². The SMILES string of the molecule is CN(C)C(CNC(=O)NC1CCN(c2ccc(C#N)cn2)CC1)c1ccco1. The molecule has 0 aliphatic carbocycles. The third-order valence-electron chi connectivity index (χ3n) is 4.98. The third-order valence-corrected chi connectivity index (χ3v) is 4.98. The summed E-state index contributed by atoms with van der Waals surface area (Å²) in [5, 5.41) is 14.9. The Morgan fingerprint density at radius 2 is 2.18 bits per heavy atom. The number of hydrogen-bond donors (Lipinski definition) is 2. The number of piperidine rings is 1. The van der Waals surface area contributed by atoms with Crippen LogP contribution in [-0.2, 0) is 0 Å². The number of nitrogens with one attached hydrogen (secondary N) is 2. The number of aromatic nitrogens is 1. The molecule has 28 heavy (non-hydrogen) atoms. The van der Waals surface area contributed by atoms with Gasteiger partial charge in [0, 0.05) is 31.9 Å². The molecule has 8 heteroatoms. The molecule has 1 unspecified atom stereocenters. The van der Waals surface area contributed by atoms with Crippen molar-refractivity contribution in [3.63, 3.8) is 0 Å². The fourth-order valence-corrected chi connectivity index (χ4v) is 3.34. The summed E-state index contributed by atoms with van der Waals surface area (Å²) < 4.78 is 5.46. The molecule has 0 saturated carbocycles. The van der Waals surface area contributed by atoms with Crippen molar-refractivity contribution < 1.29 is 9.21 Å². The number of nitrogens with zero attached hydrogens (tertiary/aromatic N) is 4. The topological polar surface area (TPSA) is 97.4 Å². The van der Waals surface area contributed by atoms with E-state index in [1.165, 1.54) is 0 Å². The van der Waals surface area contributed by atoms with Crippen LogP contribution >= 0.6 is 0 Å². The maximum atomic E-state index is 12.3. The first kappa shape index (κ1) is 19.7. The van der Waals surface area contributed by atoms with Gasteiger partial charge in [0.1, 0.15) is 17.6 Å². The molecule has 1 atom stereocenters. The van der Waals surface area contributed by atoms with Gasteiger partial charge in [-0.15, -0.1) is 0 Å². The first-order valence-corrected chi connectivity index (χ1v) is 9.42. The number of pyridine rings is 1. The van der Waals surface area contributed by atoms with Crippen LogP contribution in [0.5, 0.6) is 0 Å². The normalized spacial score (nSPS) is 15.9. The summed E-state index contributed by atoms with van der Waals surface area (Å²) in [4.78, 5) is 20.8. The average molecular weight is 382 g/mol. The zero-order valence-corrected chi connectivity index (χ0v) is 16.3. The minimum atomic E-state index is -0.159. The standard InChI is InChI=1S/C20H26N6O2/c1-25(2)17(18-4-3-11-28-18)14-23-20(27)24-16-7-9-26(10-8-16)19-6-5-15(12-21)13-22-19/h3-6,11,13,16-17H,7-10,14H2,1-2H3,(H2,23,24,27). The van der Waals surface area contributed by atoms with Crippen LogP contribution in [0.3, 0.4) is 0 Å². The summed E-state index contributed by atoms with van der Waals surface area (Å²) in [5.74, 6) is 1.70. The molecule has 148 valence electrons. The molecule has 0 spiro atoms. The van der Waals surface area contributed by atoms with Gasteiger partial charge in [0.2, 0.25) is 0 Å². The fourth-order valence-electron chi connectivity index (χ4n) is 3.34. The maximum Gasteiger partial charge on any atom is 0.315 e. The Hall–Kier alpha value is -3.05. The largest absolute Gasteiger partial charge is 0.468 e. The third kappa shape index (κ3) is 5.02. The van der Waals surface area contributed by atoms with Crippen molar-refractivity contribution in [3.05, 3.63) is 48.0 Å². The molecular weight excluding hydrogens is 356 g/mol. The summed E-state index contributed by atoms with van der Waals surface area (Å²) in [6.07, 6.45) is 4.94. The van der Waals surface area contributed by atoms with Crippen LogP contribution in [0.1, 0.15) is 30.2 Å². The summed E-state index contributed by atoms with van der Waals surface area (Å²) in [7, 11) is 3.92. The van der Waals surface area contributed by atoms with Gasteiger partial charge in [0.05, 0.1) is 17.9 Å². The molecule has 1 aliphatic rings. The quantitative estimate of drug-likeness (QED) is 0.794. The second-order valence-electron chi connectivity index (χ2n) is 7.13. The van der Waals surface area contributed by atoms with Crippen LogP contribution in [0.2, 0.25) is 0 Å². The molecular formula is C20H26N6O2. The summed E-state index contributed by atoms with van der Waals surface area (Å²) >= 11 is 0. The molecule has 1 saturated heterocycles. The van der Waals surface area contributed by atoms with Crippen molar-refractivity contribution in [2.24, 2.45) is 0 Å². The predicted octanol–water partition coefficient (Wildman–Crippen LogP) is 2.12. The van der Waals surface area contributed by atoms with Crippen molar-refractivity contribution in [2.45, 2.75) is 24.9 Å². The number of carbonyl (C=O) groups is 1. The molecule has 2 aromatic rings. The molecule has 2 aromatic heterocycles. The number of rotatable bonds is 6. The van der Waals surface area contributed by atoms with Crippen molar-refractivity contribution in [1.82, 2.24) is 20.5 Å². The van der Waals surface area contributed by atoms with Gasteiger partial charge in [0.15, 0.2) is 0 Å². The lowest BCUT2D eigenvalue weighted by Crippen LogP contribution is -2.49.